The molecule has 1 N–H and O–H groups in total. The monoisotopic (exact) mass is 403 g/mol. The Balaban J connectivity index is 0.00000128. The van der Waals surface area contributed by atoms with Crippen LogP contribution in [0, 0.1) is 14.4 Å². The molecule has 6 heteroatoms. The van der Waals surface area contributed by atoms with Crippen molar-refractivity contribution >= 4 is 11.0 Å². The van der Waals surface area contributed by atoms with E-state index in [4.69, 9.17) is 0 Å². The van der Waals surface area contributed by atoms with Gasteiger partial charge in [-0.2, -0.15) is 5.10 Å². The third-order valence-electron chi connectivity index (χ3n) is 3.65. The van der Waals surface area contributed by atoms with E-state index in [0.29, 0.717) is 16.6 Å². The number of pyridine rings is 1. The van der Waals surface area contributed by atoms with Gasteiger partial charge in [-0.15, -0.1) is 0 Å². The Labute approximate surface area is 168 Å². The Morgan fingerprint density at radius 1 is 1.12 bits per heavy atom. The predicted molar refractivity (Wildman–Crippen MR) is 95.6 cm³/mol. The van der Waals surface area contributed by atoms with Crippen LogP contribution in [0.2, 0.25) is 0 Å². The van der Waals surface area contributed by atoms with Crippen LogP contribution in [0.3, 0.4) is 0 Å². The molecule has 0 aliphatic heterocycles. The van der Waals surface area contributed by atoms with E-state index in [2.05, 4.69) is 5.10 Å². The van der Waals surface area contributed by atoms with E-state index < -0.39 is 0 Å². The van der Waals surface area contributed by atoms with Crippen LogP contribution in [-0.2, 0) is 46.8 Å². The van der Waals surface area contributed by atoms with Gasteiger partial charge in [0.2, 0.25) is 0 Å². The minimum absolute atomic E-state index is 0. The summed E-state index contributed by atoms with van der Waals surface area (Å²) >= 11 is 0. The fraction of sp³-hybridized carbons (Fsp3) is 0.278. The number of hydrogen-bond acceptors (Lipinski definition) is 3. The average molecular weight is 403 g/mol. The summed E-state index contributed by atoms with van der Waals surface area (Å²) in [5, 5.41) is 15.2. The van der Waals surface area contributed by atoms with Crippen molar-refractivity contribution in [3.05, 3.63) is 53.8 Å². The SMILES string of the molecule is CC.Cc1ccccc1-c1c(O)c2cnn(C)c2n(C)c1=O.[CH3-].[Y]. The van der Waals surface area contributed by atoms with Gasteiger partial charge in [0.1, 0.15) is 11.4 Å². The molecule has 5 nitrogen and oxygen atoms in total. The van der Waals surface area contributed by atoms with Crippen LogP contribution >= 0.6 is 0 Å². The van der Waals surface area contributed by atoms with Crippen LogP contribution in [0.15, 0.2) is 35.3 Å². The van der Waals surface area contributed by atoms with Crippen molar-refractivity contribution in [1.29, 1.82) is 0 Å². The smallest absolute Gasteiger partial charge is 0.263 e. The second kappa shape index (κ2) is 9.14. The zero-order valence-electron chi connectivity index (χ0n) is 15.2. The maximum Gasteiger partial charge on any atom is 0.263 e. The number of fused-ring (bicyclic) bond motifs is 1. The summed E-state index contributed by atoms with van der Waals surface area (Å²) in [6.07, 6.45) is 1.58. The van der Waals surface area contributed by atoms with E-state index in [9.17, 15) is 9.90 Å². The molecule has 3 rings (SSSR count). The molecular formula is C18H24N3O2Y-. The van der Waals surface area contributed by atoms with E-state index >= 15 is 0 Å². The van der Waals surface area contributed by atoms with Crippen molar-refractivity contribution in [3.63, 3.8) is 0 Å². The average Bonchev–Trinajstić information content (AvgIpc) is 2.91. The van der Waals surface area contributed by atoms with Gasteiger partial charge in [0.25, 0.3) is 5.56 Å². The van der Waals surface area contributed by atoms with Gasteiger partial charge in [-0.25, -0.2) is 0 Å². The van der Waals surface area contributed by atoms with Crippen LogP contribution in [-0.4, -0.2) is 19.5 Å². The summed E-state index contributed by atoms with van der Waals surface area (Å²) in [5.74, 6) is -0.00880. The molecule has 0 spiro atoms. The Morgan fingerprint density at radius 3 is 2.29 bits per heavy atom. The molecule has 0 bridgehead atoms. The van der Waals surface area contributed by atoms with Gasteiger partial charge in [-0.05, 0) is 18.1 Å². The van der Waals surface area contributed by atoms with E-state index in [-0.39, 0.29) is 51.4 Å². The molecule has 1 radical (unpaired) electrons. The standard InChI is InChI=1S/C15H15N3O2.C2H6.CH3.Y/c1-9-6-4-5-7-10(9)12-13(19)11-8-16-18(3)14(11)17(2)15(12)20;1-2;;/h4-8,19H,1-3H3;1-2H3;1H3;/q;;-1;. The van der Waals surface area contributed by atoms with Crippen molar-refractivity contribution in [1.82, 2.24) is 14.3 Å². The molecule has 2 heterocycles. The van der Waals surface area contributed by atoms with Crippen molar-refractivity contribution in [2.45, 2.75) is 20.8 Å². The van der Waals surface area contributed by atoms with Gasteiger partial charge in [0.15, 0.2) is 0 Å². The van der Waals surface area contributed by atoms with Gasteiger partial charge < -0.3 is 12.5 Å². The zero-order chi connectivity index (χ0) is 16.4. The molecule has 0 unspecified atom stereocenters. The number of aromatic nitrogens is 3. The number of benzene rings is 1. The molecule has 0 aliphatic rings. The minimum atomic E-state index is -0.229. The summed E-state index contributed by atoms with van der Waals surface area (Å²) in [6.45, 7) is 5.92. The number of aromatic hydroxyl groups is 1. The predicted octanol–water partition coefficient (Wildman–Crippen LogP) is 3.43. The number of aryl methyl sites for hydroxylation is 3. The Morgan fingerprint density at radius 2 is 1.71 bits per heavy atom. The second-order valence-corrected chi connectivity index (χ2v) is 4.91. The molecule has 24 heavy (non-hydrogen) atoms. The topological polar surface area (TPSA) is 60.1 Å². The van der Waals surface area contributed by atoms with Crippen LogP contribution in [0.1, 0.15) is 19.4 Å². The first-order valence-corrected chi connectivity index (χ1v) is 7.32. The number of rotatable bonds is 1. The van der Waals surface area contributed by atoms with Crippen molar-refractivity contribution in [2.75, 3.05) is 0 Å². The number of nitrogens with zero attached hydrogens (tertiary/aromatic N) is 3. The third-order valence-corrected chi connectivity index (χ3v) is 3.65. The van der Waals surface area contributed by atoms with Crippen molar-refractivity contribution in [2.24, 2.45) is 14.1 Å². The van der Waals surface area contributed by atoms with Gasteiger partial charge >= 0.3 is 0 Å². The molecule has 0 amide bonds. The summed E-state index contributed by atoms with van der Waals surface area (Å²) < 4.78 is 3.10. The zero-order valence-corrected chi connectivity index (χ0v) is 18.0. The van der Waals surface area contributed by atoms with Gasteiger partial charge in [0, 0.05) is 46.8 Å². The molecular weight excluding hydrogens is 379 g/mol. The molecule has 1 aromatic carbocycles. The van der Waals surface area contributed by atoms with E-state index in [1.165, 1.54) is 4.57 Å². The maximum atomic E-state index is 12.6. The quantitative estimate of drug-likeness (QED) is 0.634. The van der Waals surface area contributed by atoms with Crippen LogP contribution in [0.25, 0.3) is 22.2 Å². The first-order valence-electron chi connectivity index (χ1n) is 7.32. The molecule has 2 aromatic heterocycles. The van der Waals surface area contributed by atoms with Gasteiger partial charge in [-0.3, -0.25) is 14.0 Å². The fourth-order valence-electron chi connectivity index (χ4n) is 2.59. The van der Waals surface area contributed by atoms with Crippen LogP contribution in [0.5, 0.6) is 5.75 Å². The molecule has 127 valence electrons. The van der Waals surface area contributed by atoms with E-state index in [1.54, 1.807) is 25.0 Å². The molecule has 0 fully saturated rings. The fourth-order valence-corrected chi connectivity index (χ4v) is 2.59. The second-order valence-electron chi connectivity index (χ2n) is 4.91. The van der Waals surface area contributed by atoms with Crippen LogP contribution < -0.4 is 5.56 Å². The molecule has 0 atom stereocenters. The Kier molecular flexibility index (Phi) is 8.58. The maximum absolute atomic E-state index is 12.6. The minimum Gasteiger partial charge on any atom is -0.506 e. The van der Waals surface area contributed by atoms with E-state index in [1.807, 2.05) is 45.0 Å². The summed E-state index contributed by atoms with van der Waals surface area (Å²) in [7, 11) is 3.43. The molecule has 3 aromatic rings. The third kappa shape index (κ3) is 3.62. The van der Waals surface area contributed by atoms with Crippen LogP contribution in [0.4, 0.5) is 0 Å². The van der Waals surface area contributed by atoms with Crippen molar-refractivity contribution < 1.29 is 37.8 Å². The summed E-state index contributed by atoms with van der Waals surface area (Å²) in [6, 6.07) is 7.52. The number of hydrogen-bond donors (Lipinski definition) is 1. The molecule has 0 saturated heterocycles. The molecule has 0 aliphatic carbocycles. The summed E-state index contributed by atoms with van der Waals surface area (Å²) in [5.41, 5.74) is 2.39. The Bertz CT molecular complexity index is 882. The van der Waals surface area contributed by atoms with E-state index in [0.717, 1.165) is 11.1 Å². The molecule has 0 saturated carbocycles. The summed E-state index contributed by atoms with van der Waals surface area (Å²) in [4.78, 5) is 12.6. The van der Waals surface area contributed by atoms with Gasteiger partial charge in [-0.1, -0.05) is 38.1 Å². The first kappa shape index (κ1) is 22.5. The van der Waals surface area contributed by atoms with Gasteiger partial charge in [0.05, 0.1) is 17.1 Å². The normalized spacial score (nSPS) is 9.54. The Hall–Kier alpha value is -1.46. The first-order chi connectivity index (χ1) is 10.5. The largest absolute Gasteiger partial charge is 0.506 e. The van der Waals surface area contributed by atoms with Crippen molar-refractivity contribution in [3.8, 4) is 16.9 Å².